The molecule has 0 amide bonds. The van der Waals surface area contributed by atoms with E-state index < -0.39 is 0 Å². The number of hydrogen-bond donors (Lipinski definition) is 0. The van der Waals surface area contributed by atoms with Crippen molar-refractivity contribution in [2.45, 2.75) is 44.2 Å². The summed E-state index contributed by atoms with van der Waals surface area (Å²) in [5.74, 6) is 1.01. The molecule has 1 heterocycles. The lowest BCUT2D eigenvalue weighted by Crippen LogP contribution is -2.45. The molecule has 2 fully saturated rings. The minimum absolute atomic E-state index is 0.130. The molecule has 1 aromatic carbocycles. The molecule has 0 spiro atoms. The number of nitriles is 1. The van der Waals surface area contributed by atoms with E-state index in [1.165, 1.54) is 36.6 Å². The molecule has 4 atom stereocenters. The molecule has 2 saturated carbocycles. The van der Waals surface area contributed by atoms with E-state index in [0.29, 0.717) is 11.8 Å². The van der Waals surface area contributed by atoms with Gasteiger partial charge in [0.1, 0.15) is 17.1 Å². The largest absolute Gasteiger partial charge is 0.192 e. The highest BCUT2D eigenvalue weighted by molar-refractivity contribution is 8.02. The predicted molar refractivity (Wildman–Crippen MR) is 97.5 cm³/mol. The van der Waals surface area contributed by atoms with Gasteiger partial charge in [-0.2, -0.15) is 15.5 Å². The standard InChI is InChI=1S/C20H23N3S/c1-18(2)19(12-15(13-21)24-3)16-10-7-11-17(16)20(18,23-22-19)14-8-5-4-6-9-14/h4-6,8-9,12,16-17H,7,10-11H2,1-3H3/b15-12-/t16-,17+,19+,20+/m1/s1. The summed E-state index contributed by atoms with van der Waals surface area (Å²) in [7, 11) is 0. The van der Waals surface area contributed by atoms with Crippen LogP contribution in [0.3, 0.4) is 0 Å². The van der Waals surface area contributed by atoms with Gasteiger partial charge in [0.05, 0.1) is 4.91 Å². The maximum absolute atomic E-state index is 9.49. The average molecular weight is 337 g/mol. The van der Waals surface area contributed by atoms with Crippen molar-refractivity contribution >= 4 is 11.8 Å². The Hall–Kier alpha value is -1.60. The van der Waals surface area contributed by atoms with Gasteiger partial charge in [0.15, 0.2) is 0 Å². The molecule has 0 aromatic heterocycles. The van der Waals surface area contributed by atoms with E-state index in [-0.39, 0.29) is 16.5 Å². The van der Waals surface area contributed by atoms with E-state index in [4.69, 9.17) is 10.2 Å². The minimum Gasteiger partial charge on any atom is -0.192 e. The number of hydrogen-bond acceptors (Lipinski definition) is 4. The van der Waals surface area contributed by atoms with Gasteiger partial charge in [-0.05, 0) is 42.6 Å². The second kappa shape index (κ2) is 5.20. The lowest BCUT2D eigenvalue weighted by Gasteiger charge is -2.40. The van der Waals surface area contributed by atoms with Crippen molar-refractivity contribution in [3.8, 4) is 6.07 Å². The summed E-state index contributed by atoms with van der Waals surface area (Å²) in [5.41, 5.74) is 0.545. The number of rotatable bonds is 3. The average Bonchev–Trinajstić information content (AvgIpc) is 3.21. The lowest BCUT2D eigenvalue weighted by molar-refractivity contribution is 0.164. The summed E-state index contributed by atoms with van der Waals surface area (Å²) < 4.78 is 0. The zero-order valence-electron chi connectivity index (χ0n) is 14.5. The van der Waals surface area contributed by atoms with Crippen molar-refractivity contribution in [2.75, 3.05) is 6.26 Å². The van der Waals surface area contributed by atoms with E-state index in [1.54, 1.807) is 0 Å². The SMILES string of the molecule is CS/C(C#N)=C\[C@]12N=N[C@@](c3ccccc3)([C@H]3CCC[C@H]31)C2(C)C. The predicted octanol–water partition coefficient (Wildman–Crippen LogP) is 5.31. The van der Waals surface area contributed by atoms with Crippen LogP contribution < -0.4 is 0 Å². The Labute approximate surface area is 148 Å². The normalized spacial score (nSPS) is 39.0. The number of allylic oxidation sites excluding steroid dienone is 1. The highest BCUT2D eigenvalue weighted by atomic mass is 32.2. The van der Waals surface area contributed by atoms with Gasteiger partial charge in [-0.3, -0.25) is 0 Å². The van der Waals surface area contributed by atoms with Crippen LogP contribution in [-0.2, 0) is 5.54 Å². The summed E-state index contributed by atoms with van der Waals surface area (Å²) in [6.07, 6.45) is 7.74. The Balaban J connectivity index is 1.96. The first-order valence-corrected chi connectivity index (χ1v) is 9.92. The van der Waals surface area contributed by atoms with Crippen LogP contribution in [0.15, 0.2) is 51.5 Å². The van der Waals surface area contributed by atoms with Crippen molar-refractivity contribution in [3.05, 3.63) is 46.9 Å². The summed E-state index contributed by atoms with van der Waals surface area (Å²) in [4.78, 5) is 0.762. The van der Waals surface area contributed by atoms with E-state index in [2.05, 4.69) is 56.3 Å². The van der Waals surface area contributed by atoms with Crippen molar-refractivity contribution in [2.24, 2.45) is 27.5 Å². The third-order valence-electron chi connectivity index (χ3n) is 6.84. The molecule has 0 unspecified atom stereocenters. The number of fused-ring (bicyclic) bond motifs is 5. The molecule has 0 radical (unpaired) electrons. The van der Waals surface area contributed by atoms with Gasteiger partial charge in [0, 0.05) is 5.41 Å². The van der Waals surface area contributed by atoms with Crippen LogP contribution in [0.1, 0.15) is 38.7 Å². The smallest absolute Gasteiger partial charge is 0.117 e. The van der Waals surface area contributed by atoms with Crippen LogP contribution in [0.2, 0.25) is 0 Å². The summed E-state index contributed by atoms with van der Waals surface area (Å²) in [5, 5.41) is 19.3. The molecule has 124 valence electrons. The third kappa shape index (κ3) is 1.64. The topological polar surface area (TPSA) is 48.5 Å². The van der Waals surface area contributed by atoms with Gasteiger partial charge in [-0.25, -0.2) is 0 Å². The fourth-order valence-electron chi connectivity index (χ4n) is 5.76. The molecule has 2 aliphatic carbocycles. The van der Waals surface area contributed by atoms with E-state index >= 15 is 0 Å². The number of benzene rings is 1. The fraction of sp³-hybridized carbons (Fsp3) is 0.550. The van der Waals surface area contributed by atoms with Gasteiger partial charge in [0.2, 0.25) is 0 Å². The minimum atomic E-state index is -0.349. The highest BCUT2D eigenvalue weighted by Gasteiger charge is 2.77. The summed E-state index contributed by atoms with van der Waals surface area (Å²) in [6, 6.07) is 13.0. The first kappa shape index (κ1) is 15.9. The molecule has 3 nitrogen and oxygen atoms in total. The van der Waals surface area contributed by atoms with Crippen LogP contribution in [0.25, 0.3) is 0 Å². The van der Waals surface area contributed by atoms with Crippen molar-refractivity contribution in [1.29, 1.82) is 5.26 Å². The molecule has 1 aromatic rings. The van der Waals surface area contributed by atoms with E-state index in [1.807, 2.05) is 6.26 Å². The Bertz CT molecular complexity index is 761. The first-order chi connectivity index (χ1) is 11.5. The van der Waals surface area contributed by atoms with Gasteiger partial charge in [-0.1, -0.05) is 50.6 Å². The molecule has 1 aliphatic heterocycles. The third-order valence-corrected chi connectivity index (χ3v) is 7.49. The van der Waals surface area contributed by atoms with Crippen LogP contribution in [-0.4, -0.2) is 11.8 Å². The molecule has 0 N–H and O–H groups in total. The first-order valence-electron chi connectivity index (χ1n) is 8.70. The monoisotopic (exact) mass is 337 g/mol. The van der Waals surface area contributed by atoms with Crippen molar-refractivity contribution in [1.82, 2.24) is 0 Å². The van der Waals surface area contributed by atoms with E-state index in [9.17, 15) is 5.26 Å². The summed E-state index contributed by atoms with van der Waals surface area (Å²) in [6.45, 7) is 4.62. The van der Waals surface area contributed by atoms with Crippen LogP contribution in [0.4, 0.5) is 0 Å². The lowest BCUT2D eigenvalue weighted by atomic mass is 9.63. The Morgan fingerprint density at radius 2 is 1.92 bits per heavy atom. The molecule has 24 heavy (non-hydrogen) atoms. The second-order valence-corrected chi connectivity index (χ2v) is 8.60. The van der Waals surface area contributed by atoms with Crippen LogP contribution in [0, 0.1) is 28.6 Å². The van der Waals surface area contributed by atoms with E-state index in [0.717, 1.165) is 4.91 Å². The van der Waals surface area contributed by atoms with Gasteiger partial charge in [0.25, 0.3) is 0 Å². The quantitative estimate of drug-likeness (QED) is 0.701. The molecule has 4 rings (SSSR count). The Morgan fingerprint density at radius 1 is 1.21 bits per heavy atom. The fourth-order valence-corrected chi connectivity index (χ4v) is 6.15. The zero-order valence-corrected chi connectivity index (χ0v) is 15.3. The Kier molecular flexibility index (Phi) is 3.44. The number of nitrogens with zero attached hydrogens (tertiary/aromatic N) is 3. The molecular formula is C20H23N3S. The van der Waals surface area contributed by atoms with Gasteiger partial charge in [-0.15, -0.1) is 11.8 Å². The second-order valence-electron chi connectivity index (χ2n) is 7.75. The maximum atomic E-state index is 9.49. The van der Waals surface area contributed by atoms with Crippen LogP contribution in [0.5, 0.6) is 0 Å². The summed E-state index contributed by atoms with van der Waals surface area (Å²) >= 11 is 1.52. The van der Waals surface area contributed by atoms with Crippen molar-refractivity contribution < 1.29 is 0 Å². The highest BCUT2D eigenvalue weighted by Crippen LogP contribution is 2.74. The Morgan fingerprint density at radius 3 is 2.58 bits per heavy atom. The van der Waals surface area contributed by atoms with Gasteiger partial charge < -0.3 is 0 Å². The molecule has 2 bridgehead atoms. The molecule has 4 heteroatoms. The number of azo groups is 1. The number of thioether (sulfide) groups is 1. The van der Waals surface area contributed by atoms with Gasteiger partial charge >= 0.3 is 0 Å². The zero-order chi connectivity index (χ0) is 17.0. The molecule has 0 saturated heterocycles. The maximum Gasteiger partial charge on any atom is 0.117 e. The van der Waals surface area contributed by atoms with Crippen molar-refractivity contribution in [3.63, 3.8) is 0 Å². The molecular weight excluding hydrogens is 314 g/mol. The van der Waals surface area contributed by atoms with Crippen LogP contribution >= 0.6 is 11.8 Å². The molecule has 3 aliphatic rings.